The van der Waals surface area contributed by atoms with Gasteiger partial charge in [0.1, 0.15) is 0 Å². The normalized spacial score (nSPS) is 19.9. The van der Waals surface area contributed by atoms with Gasteiger partial charge in [0.05, 0.1) is 11.4 Å². The number of benzene rings is 1. The Labute approximate surface area is 168 Å². The van der Waals surface area contributed by atoms with E-state index in [2.05, 4.69) is 9.80 Å². The summed E-state index contributed by atoms with van der Waals surface area (Å²) in [5.41, 5.74) is 1.00. The topological polar surface area (TPSA) is 64.2 Å². The molecule has 3 rings (SSSR count). The van der Waals surface area contributed by atoms with Crippen LogP contribution in [0.3, 0.4) is 0 Å². The van der Waals surface area contributed by atoms with Crippen molar-refractivity contribution >= 4 is 15.9 Å². The lowest BCUT2D eigenvalue weighted by Gasteiger charge is -2.36. The Balaban J connectivity index is 1.50. The number of carbonyl (C=O) groups excluding carboxylic acids is 1. The first-order valence-corrected chi connectivity index (χ1v) is 11.5. The lowest BCUT2D eigenvalue weighted by atomic mass is 10.1. The second kappa shape index (κ2) is 9.35. The molecule has 8 heteroatoms. The Morgan fingerprint density at radius 3 is 2.25 bits per heavy atom. The zero-order chi connectivity index (χ0) is 20.1. The quantitative estimate of drug-likeness (QED) is 0.705. The Hall–Kier alpha value is -1.48. The predicted molar refractivity (Wildman–Crippen MR) is 109 cm³/mol. The summed E-state index contributed by atoms with van der Waals surface area (Å²) in [4.78, 5) is 19.3. The number of likely N-dealkylation sites (tertiary alicyclic amines) is 1. The summed E-state index contributed by atoms with van der Waals surface area (Å²) < 4.78 is 25.9. The molecule has 0 spiro atoms. The minimum atomic E-state index is -3.41. The highest BCUT2D eigenvalue weighted by Crippen LogP contribution is 2.17. The minimum absolute atomic E-state index is 0.259. The smallest absolute Gasteiger partial charge is 0.242 e. The van der Waals surface area contributed by atoms with Gasteiger partial charge in [0.15, 0.2) is 0 Å². The standard InChI is InChI=1S/C20H32N4O3S/c1-21(2)28(26,27)19-8-6-7-18(15-19)16-22-11-13-23(14-12-22)17-20(25)24-9-4-3-5-10-24/h6-8,15H,3-5,9-14,16-17H2,1-2H3. The average molecular weight is 409 g/mol. The summed E-state index contributed by atoms with van der Waals surface area (Å²) in [5.74, 6) is 0.259. The molecule has 2 saturated heterocycles. The third kappa shape index (κ3) is 5.31. The Morgan fingerprint density at radius 2 is 1.61 bits per heavy atom. The van der Waals surface area contributed by atoms with Crippen molar-refractivity contribution in [3.8, 4) is 0 Å². The highest BCUT2D eigenvalue weighted by molar-refractivity contribution is 7.89. The van der Waals surface area contributed by atoms with Crippen LogP contribution in [0.5, 0.6) is 0 Å². The van der Waals surface area contributed by atoms with E-state index in [0.717, 1.165) is 64.2 Å². The number of piperazine rings is 1. The first-order chi connectivity index (χ1) is 13.4. The van der Waals surface area contributed by atoms with Crippen molar-refractivity contribution in [2.75, 3.05) is 59.9 Å². The molecule has 1 aromatic rings. The molecule has 0 aliphatic carbocycles. The monoisotopic (exact) mass is 408 g/mol. The van der Waals surface area contributed by atoms with Crippen molar-refractivity contribution in [2.24, 2.45) is 0 Å². The van der Waals surface area contributed by atoms with Gasteiger partial charge < -0.3 is 4.90 Å². The molecule has 0 aromatic heterocycles. The largest absolute Gasteiger partial charge is 0.342 e. The summed E-state index contributed by atoms with van der Waals surface area (Å²) in [6.07, 6.45) is 3.49. The third-order valence-corrected chi connectivity index (χ3v) is 7.43. The second-order valence-electron chi connectivity index (χ2n) is 7.93. The highest BCUT2D eigenvalue weighted by Gasteiger charge is 2.23. The van der Waals surface area contributed by atoms with Gasteiger partial charge in [0.25, 0.3) is 0 Å². The van der Waals surface area contributed by atoms with Gasteiger partial charge in [-0.2, -0.15) is 0 Å². The predicted octanol–water partition coefficient (Wildman–Crippen LogP) is 1.07. The number of piperidine rings is 1. The van der Waals surface area contributed by atoms with Crippen molar-refractivity contribution in [1.29, 1.82) is 0 Å². The van der Waals surface area contributed by atoms with Gasteiger partial charge in [0.2, 0.25) is 15.9 Å². The van der Waals surface area contributed by atoms with Gasteiger partial charge in [0, 0.05) is 59.9 Å². The van der Waals surface area contributed by atoms with Crippen molar-refractivity contribution in [3.05, 3.63) is 29.8 Å². The van der Waals surface area contributed by atoms with Gasteiger partial charge in [-0.1, -0.05) is 12.1 Å². The number of rotatable bonds is 6. The minimum Gasteiger partial charge on any atom is -0.342 e. The molecule has 7 nitrogen and oxygen atoms in total. The summed E-state index contributed by atoms with van der Waals surface area (Å²) in [7, 11) is -0.313. The maximum absolute atomic E-state index is 12.4. The van der Waals surface area contributed by atoms with E-state index in [1.165, 1.54) is 10.7 Å². The van der Waals surface area contributed by atoms with E-state index in [1.807, 2.05) is 11.0 Å². The molecule has 28 heavy (non-hydrogen) atoms. The van der Waals surface area contributed by atoms with Crippen LogP contribution < -0.4 is 0 Å². The summed E-state index contributed by atoms with van der Waals surface area (Å²) in [5, 5.41) is 0. The lowest BCUT2D eigenvalue weighted by Crippen LogP contribution is -2.50. The number of hydrogen-bond acceptors (Lipinski definition) is 5. The van der Waals surface area contributed by atoms with E-state index < -0.39 is 10.0 Å². The van der Waals surface area contributed by atoms with Crippen LogP contribution in [0.1, 0.15) is 24.8 Å². The highest BCUT2D eigenvalue weighted by atomic mass is 32.2. The summed E-state index contributed by atoms with van der Waals surface area (Å²) >= 11 is 0. The second-order valence-corrected chi connectivity index (χ2v) is 10.1. The Kier molecular flexibility index (Phi) is 7.09. The first-order valence-electron chi connectivity index (χ1n) is 10.1. The molecular weight excluding hydrogens is 376 g/mol. The molecule has 0 bridgehead atoms. The van der Waals surface area contributed by atoms with E-state index in [-0.39, 0.29) is 5.91 Å². The molecule has 2 fully saturated rings. The molecule has 0 atom stereocenters. The van der Waals surface area contributed by atoms with Gasteiger partial charge in [-0.3, -0.25) is 14.6 Å². The van der Waals surface area contributed by atoms with Crippen LogP contribution in [0.4, 0.5) is 0 Å². The van der Waals surface area contributed by atoms with E-state index in [1.54, 1.807) is 32.3 Å². The number of carbonyl (C=O) groups is 1. The van der Waals surface area contributed by atoms with E-state index >= 15 is 0 Å². The molecule has 0 unspecified atom stereocenters. The van der Waals surface area contributed by atoms with Crippen molar-refractivity contribution < 1.29 is 13.2 Å². The van der Waals surface area contributed by atoms with Crippen LogP contribution in [-0.4, -0.2) is 93.2 Å². The van der Waals surface area contributed by atoms with Crippen molar-refractivity contribution in [2.45, 2.75) is 30.7 Å². The fraction of sp³-hybridized carbons (Fsp3) is 0.650. The molecule has 1 aromatic carbocycles. The van der Waals surface area contributed by atoms with E-state index in [9.17, 15) is 13.2 Å². The van der Waals surface area contributed by atoms with Crippen molar-refractivity contribution in [3.63, 3.8) is 0 Å². The first kappa shape index (κ1) is 21.2. The molecule has 2 aliphatic rings. The van der Waals surface area contributed by atoms with Crippen LogP contribution in [0.15, 0.2) is 29.2 Å². The maximum Gasteiger partial charge on any atom is 0.242 e. The average Bonchev–Trinajstić information content (AvgIpc) is 2.70. The van der Waals surface area contributed by atoms with E-state index in [4.69, 9.17) is 0 Å². The maximum atomic E-state index is 12.4. The lowest BCUT2D eigenvalue weighted by molar-refractivity contribution is -0.133. The van der Waals surface area contributed by atoms with Gasteiger partial charge in [-0.05, 0) is 37.0 Å². The van der Waals surface area contributed by atoms with Crippen molar-refractivity contribution in [1.82, 2.24) is 19.0 Å². The number of amides is 1. The van der Waals surface area contributed by atoms with Crippen LogP contribution >= 0.6 is 0 Å². The Morgan fingerprint density at radius 1 is 0.964 bits per heavy atom. The number of hydrogen-bond donors (Lipinski definition) is 0. The zero-order valence-electron chi connectivity index (χ0n) is 17.0. The number of nitrogens with zero attached hydrogens (tertiary/aromatic N) is 4. The van der Waals surface area contributed by atoms with Gasteiger partial charge >= 0.3 is 0 Å². The van der Waals surface area contributed by atoms with Crippen LogP contribution in [0.2, 0.25) is 0 Å². The Bertz CT molecular complexity index is 767. The molecular formula is C20H32N4O3S. The number of sulfonamides is 1. The van der Waals surface area contributed by atoms with Gasteiger partial charge in [-0.15, -0.1) is 0 Å². The summed E-state index contributed by atoms with van der Waals surface area (Å²) in [6.45, 7) is 6.57. The zero-order valence-corrected chi connectivity index (χ0v) is 17.8. The molecule has 0 radical (unpaired) electrons. The van der Waals surface area contributed by atoms with Crippen LogP contribution in [0, 0.1) is 0 Å². The molecule has 2 heterocycles. The molecule has 0 N–H and O–H groups in total. The van der Waals surface area contributed by atoms with Crippen LogP contribution in [0.25, 0.3) is 0 Å². The fourth-order valence-corrected chi connectivity index (χ4v) is 4.79. The fourth-order valence-electron chi connectivity index (χ4n) is 3.81. The molecule has 2 aliphatic heterocycles. The summed E-state index contributed by atoms with van der Waals surface area (Å²) in [6, 6.07) is 7.19. The van der Waals surface area contributed by atoms with E-state index in [0.29, 0.717) is 11.4 Å². The van der Waals surface area contributed by atoms with Crippen LogP contribution in [-0.2, 0) is 21.4 Å². The molecule has 1 amide bonds. The third-order valence-electron chi connectivity index (χ3n) is 5.62. The molecule has 156 valence electrons. The SMILES string of the molecule is CN(C)S(=O)(=O)c1cccc(CN2CCN(CC(=O)N3CCCCC3)CC2)c1. The molecule has 0 saturated carbocycles. The van der Waals surface area contributed by atoms with Gasteiger partial charge in [-0.25, -0.2) is 12.7 Å².